The van der Waals surface area contributed by atoms with Gasteiger partial charge in [0.2, 0.25) is 11.9 Å². The summed E-state index contributed by atoms with van der Waals surface area (Å²) >= 11 is 0. The van der Waals surface area contributed by atoms with Crippen molar-refractivity contribution in [2.75, 3.05) is 23.8 Å². The average molecular weight is 291 g/mol. The predicted octanol–water partition coefficient (Wildman–Crippen LogP) is 2.97. The molecule has 1 aromatic heterocycles. The summed E-state index contributed by atoms with van der Waals surface area (Å²) in [6, 6.07) is 6.20. The van der Waals surface area contributed by atoms with Crippen LogP contribution in [0.4, 0.5) is 22.0 Å². The van der Waals surface area contributed by atoms with Crippen molar-refractivity contribution in [3.8, 4) is 6.01 Å². The van der Waals surface area contributed by atoms with Crippen LogP contribution in [0.1, 0.15) is 20.3 Å². The van der Waals surface area contributed by atoms with E-state index in [1.165, 1.54) is 12.1 Å². The van der Waals surface area contributed by atoms with E-state index in [4.69, 9.17) is 4.74 Å². The van der Waals surface area contributed by atoms with Crippen LogP contribution in [-0.4, -0.2) is 28.1 Å². The minimum absolute atomic E-state index is 0.257. The van der Waals surface area contributed by atoms with Gasteiger partial charge in [0.05, 0.1) is 6.61 Å². The fraction of sp³-hybridized carbons (Fsp3) is 0.357. The van der Waals surface area contributed by atoms with Crippen LogP contribution in [0.2, 0.25) is 0 Å². The minimum atomic E-state index is -0.295. The van der Waals surface area contributed by atoms with Gasteiger partial charge in [-0.3, -0.25) is 0 Å². The molecule has 112 valence electrons. The molecule has 2 aromatic rings. The normalized spacial score (nSPS) is 10.2. The first kappa shape index (κ1) is 15.0. The largest absolute Gasteiger partial charge is 0.463 e. The number of anilines is 3. The quantitative estimate of drug-likeness (QED) is 0.817. The Kier molecular flexibility index (Phi) is 5.25. The molecular formula is C14H18FN5O. The molecule has 0 aliphatic heterocycles. The second kappa shape index (κ2) is 7.37. The van der Waals surface area contributed by atoms with E-state index in [2.05, 4.69) is 25.6 Å². The maximum Gasteiger partial charge on any atom is 0.323 e. The fourth-order valence-corrected chi connectivity index (χ4v) is 1.57. The maximum absolute atomic E-state index is 12.9. The van der Waals surface area contributed by atoms with Gasteiger partial charge in [0, 0.05) is 12.2 Å². The van der Waals surface area contributed by atoms with Gasteiger partial charge >= 0.3 is 6.01 Å². The molecule has 1 aromatic carbocycles. The fourth-order valence-electron chi connectivity index (χ4n) is 1.57. The molecule has 1 heterocycles. The van der Waals surface area contributed by atoms with Crippen molar-refractivity contribution in [2.24, 2.45) is 0 Å². The smallest absolute Gasteiger partial charge is 0.323 e. The summed E-state index contributed by atoms with van der Waals surface area (Å²) in [6.07, 6.45) is 0.864. The molecule has 7 heteroatoms. The molecule has 0 atom stereocenters. The Hall–Kier alpha value is -2.44. The highest BCUT2D eigenvalue weighted by molar-refractivity contribution is 5.54. The Morgan fingerprint density at radius 1 is 1.05 bits per heavy atom. The number of aromatic nitrogens is 3. The second-order valence-electron chi connectivity index (χ2n) is 4.28. The topological polar surface area (TPSA) is 72.0 Å². The zero-order valence-corrected chi connectivity index (χ0v) is 12.1. The van der Waals surface area contributed by atoms with Crippen LogP contribution >= 0.6 is 0 Å². The highest BCUT2D eigenvalue weighted by atomic mass is 19.1. The van der Waals surface area contributed by atoms with Gasteiger partial charge in [-0.05, 0) is 37.6 Å². The molecule has 0 amide bonds. The number of nitrogens with one attached hydrogen (secondary N) is 2. The number of hydrogen-bond acceptors (Lipinski definition) is 6. The van der Waals surface area contributed by atoms with Crippen LogP contribution in [0.15, 0.2) is 24.3 Å². The van der Waals surface area contributed by atoms with Crippen molar-refractivity contribution in [3.05, 3.63) is 30.1 Å². The summed E-state index contributed by atoms with van der Waals surface area (Å²) in [5.74, 6) is 0.485. The molecule has 0 radical (unpaired) electrons. The molecule has 0 aliphatic rings. The van der Waals surface area contributed by atoms with E-state index in [9.17, 15) is 4.39 Å². The molecule has 0 bridgehead atoms. The lowest BCUT2D eigenvalue weighted by molar-refractivity contribution is 0.292. The van der Waals surface area contributed by atoms with Gasteiger partial charge < -0.3 is 15.4 Å². The van der Waals surface area contributed by atoms with Crippen LogP contribution in [-0.2, 0) is 0 Å². The number of halogens is 1. The monoisotopic (exact) mass is 291 g/mol. The molecule has 2 rings (SSSR count). The third-order valence-electron chi connectivity index (χ3n) is 2.49. The molecule has 0 fully saturated rings. The van der Waals surface area contributed by atoms with E-state index in [1.54, 1.807) is 12.1 Å². The Morgan fingerprint density at radius 3 is 2.43 bits per heavy atom. The molecule has 0 saturated carbocycles. The SMILES string of the molecule is CCCOc1nc(NCC)nc(Nc2ccc(F)cc2)n1. The third kappa shape index (κ3) is 4.55. The Bertz CT molecular complexity index is 576. The molecule has 0 saturated heterocycles. The summed E-state index contributed by atoms with van der Waals surface area (Å²) in [4.78, 5) is 12.6. The van der Waals surface area contributed by atoms with Crippen molar-refractivity contribution in [2.45, 2.75) is 20.3 Å². The molecular weight excluding hydrogens is 273 g/mol. The van der Waals surface area contributed by atoms with E-state index in [0.29, 0.717) is 30.7 Å². The zero-order valence-electron chi connectivity index (χ0n) is 12.1. The van der Waals surface area contributed by atoms with Crippen LogP contribution in [0.5, 0.6) is 6.01 Å². The van der Waals surface area contributed by atoms with Crippen LogP contribution < -0.4 is 15.4 Å². The van der Waals surface area contributed by atoms with Gasteiger partial charge in [0.15, 0.2) is 0 Å². The molecule has 6 nitrogen and oxygen atoms in total. The first-order valence-corrected chi connectivity index (χ1v) is 6.86. The molecule has 21 heavy (non-hydrogen) atoms. The van der Waals surface area contributed by atoms with Crippen molar-refractivity contribution >= 4 is 17.6 Å². The van der Waals surface area contributed by atoms with Gasteiger partial charge in [-0.2, -0.15) is 15.0 Å². The highest BCUT2D eigenvalue weighted by Gasteiger charge is 2.07. The van der Waals surface area contributed by atoms with Crippen molar-refractivity contribution in [1.29, 1.82) is 0 Å². The first-order valence-electron chi connectivity index (χ1n) is 6.86. The number of ether oxygens (including phenoxy) is 1. The van der Waals surface area contributed by atoms with E-state index >= 15 is 0 Å². The standard InChI is InChI=1S/C14H18FN5O/c1-3-9-21-14-19-12(16-4-2)18-13(20-14)17-11-7-5-10(15)6-8-11/h5-8H,3-4,9H2,1-2H3,(H2,16,17,18,19,20). The lowest BCUT2D eigenvalue weighted by atomic mass is 10.3. The summed E-state index contributed by atoms with van der Waals surface area (Å²) in [5.41, 5.74) is 0.687. The van der Waals surface area contributed by atoms with Crippen molar-refractivity contribution < 1.29 is 9.13 Å². The summed E-state index contributed by atoms with van der Waals surface area (Å²) in [5, 5.41) is 6.02. The van der Waals surface area contributed by atoms with Crippen molar-refractivity contribution in [3.63, 3.8) is 0 Å². The van der Waals surface area contributed by atoms with E-state index in [1.807, 2.05) is 13.8 Å². The molecule has 0 spiro atoms. The highest BCUT2D eigenvalue weighted by Crippen LogP contribution is 2.17. The van der Waals surface area contributed by atoms with Crippen LogP contribution in [0.25, 0.3) is 0 Å². The van der Waals surface area contributed by atoms with Gasteiger partial charge in [0.1, 0.15) is 5.82 Å². The Morgan fingerprint density at radius 2 is 1.76 bits per heavy atom. The minimum Gasteiger partial charge on any atom is -0.463 e. The van der Waals surface area contributed by atoms with Gasteiger partial charge in [-0.1, -0.05) is 6.92 Å². The third-order valence-corrected chi connectivity index (χ3v) is 2.49. The molecule has 0 aliphatic carbocycles. The number of hydrogen-bond donors (Lipinski definition) is 2. The van der Waals surface area contributed by atoms with Gasteiger partial charge in [-0.15, -0.1) is 0 Å². The van der Waals surface area contributed by atoms with Crippen LogP contribution in [0, 0.1) is 5.82 Å². The Labute approximate surface area is 122 Å². The van der Waals surface area contributed by atoms with Gasteiger partial charge in [0.25, 0.3) is 0 Å². The molecule has 0 unspecified atom stereocenters. The predicted molar refractivity (Wildman–Crippen MR) is 79.5 cm³/mol. The maximum atomic E-state index is 12.9. The summed E-state index contributed by atoms with van der Waals surface area (Å²) < 4.78 is 18.3. The number of nitrogens with zero attached hydrogens (tertiary/aromatic N) is 3. The van der Waals surface area contributed by atoms with Gasteiger partial charge in [-0.25, -0.2) is 4.39 Å². The number of benzene rings is 1. The molecule has 2 N–H and O–H groups in total. The average Bonchev–Trinajstić information content (AvgIpc) is 2.48. The summed E-state index contributed by atoms with van der Waals surface area (Å²) in [6.45, 7) is 5.17. The van der Waals surface area contributed by atoms with Crippen molar-refractivity contribution in [1.82, 2.24) is 15.0 Å². The number of rotatable bonds is 7. The lowest BCUT2D eigenvalue weighted by Gasteiger charge is -2.09. The zero-order chi connectivity index (χ0) is 15.1. The van der Waals surface area contributed by atoms with E-state index in [0.717, 1.165) is 6.42 Å². The van der Waals surface area contributed by atoms with Crippen LogP contribution in [0.3, 0.4) is 0 Å². The van der Waals surface area contributed by atoms with E-state index in [-0.39, 0.29) is 11.8 Å². The Balaban J connectivity index is 2.19. The summed E-state index contributed by atoms with van der Waals surface area (Å²) in [7, 11) is 0. The first-order chi connectivity index (χ1) is 10.2. The lowest BCUT2D eigenvalue weighted by Crippen LogP contribution is -2.09. The van der Waals surface area contributed by atoms with E-state index < -0.39 is 0 Å². The second-order valence-corrected chi connectivity index (χ2v) is 4.28.